The van der Waals surface area contributed by atoms with Crippen LogP contribution in [-0.4, -0.2) is 105 Å². The van der Waals surface area contributed by atoms with Gasteiger partial charge >= 0.3 is 12.2 Å². The SMILES string of the molecule is CC[C@H](C)C(NC(=O)OC)C(=O)N1[C@@H](C)CC[C@H]1c1nc2ccc3cc4c(cc3c2[nH]1)OCc1cc(-c2cnc(C3CC[C@H](C)N3C(=O)[C@@H](NC(=O)OC)C3CCOCC3)[nH]2)ccc1-4. The zero-order chi connectivity index (χ0) is 44.8. The van der Waals surface area contributed by atoms with Gasteiger partial charge in [-0.2, -0.15) is 0 Å². The van der Waals surface area contributed by atoms with Gasteiger partial charge in [-0.15, -0.1) is 0 Å². The lowest BCUT2D eigenvalue weighted by atomic mass is 9.90. The molecule has 3 aromatic carbocycles. The summed E-state index contributed by atoms with van der Waals surface area (Å²) >= 11 is 0. The summed E-state index contributed by atoms with van der Waals surface area (Å²) in [5.74, 6) is 1.81. The molecule has 0 bridgehead atoms. The first kappa shape index (κ1) is 43.1. The van der Waals surface area contributed by atoms with E-state index in [0.717, 1.165) is 93.4 Å². The third-order valence-corrected chi connectivity index (χ3v) is 14.2. The summed E-state index contributed by atoms with van der Waals surface area (Å²) in [5.41, 5.74) is 6.60. The van der Waals surface area contributed by atoms with Gasteiger partial charge in [-0.1, -0.05) is 38.5 Å². The molecular weight excluding hydrogens is 817 g/mol. The Hall–Kier alpha value is -6.16. The molecule has 6 heterocycles. The molecule has 4 aliphatic heterocycles. The van der Waals surface area contributed by atoms with Crippen molar-refractivity contribution in [2.24, 2.45) is 11.8 Å². The number of carbonyl (C=O) groups is 4. The Labute approximate surface area is 372 Å². The number of imidazole rings is 2. The van der Waals surface area contributed by atoms with Gasteiger partial charge in [-0.25, -0.2) is 19.6 Å². The number of likely N-dealkylation sites (tertiary alicyclic amines) is 2. The number of aromatic amines is 2. The molecule has 0 spiro atoms. The van der Waals surface area contributed by atoms with E-state index in [1.165, 1.54) is 14.2 Å². The molecule has 4 amide bonds. The van der Waals surface area contributed by atoms with Crippen molar-refractivity contribution in [3.8, 4) is 28.1 Å². The quantitative estimate of drug-likeness (QED) is 0.108. The number of rotatable bonds is 10. The minimum Gasteiger partial charge on any atom is -0.488 e. The highest BCUT2D eigenvalue weighted by atomic mass is 16.5. The first-order chi connectivity index (χ1) is 31.0. The third kappa shape index (κ3) is 7.90. The van der Waals surface area contributed by atoms with Crippen LogP contribution >= 0.6 is 0 Å². The van der Waals surface area contributed by atoms with Crippen molar-refractivity contribution < 1.29 is 38.1 Å². The third-order valence-electron chi connectivity index (χ3n) is 14.2. The topological polar surface area (TPSA) is 193 Å². The molecule has 0 saturated carbocycles. The van der Waals surface area contributed by atoms with Crippen LogP contribution in [0.3, 0.4) is 0 Å². The van der Waals surface area contributed by atoms with Crippen LogP contribution in [0.1, 0.15) is 102 Å². The van der Waals surface area contributed by atoms with Crippen molar-refractivity contribution >= 4 is 45.8 Å². The number of fused-ring (bicyclic) bond motifs is 6. The number of amides is 4. The average molecular weight is 875 g/mol. The Bertz CT molecular complexity index is 2580. The Morgan fingerprint density at radius 2 is 1.53 bits per heavy atom. The van der Waals surface area contributed by atoms with Gasteiger partial charge in [0.2, 0.25) is 11.8 Å². The first-order valence-corrected chi connectivity index (χ1v) is 22.7. The molecule has 338 valence electrons. The van der Waals surface area contributed by atoms with Crippen molar-refractivity contribution in [3.05, 3.63) is 65.9 Å². The second-order valence-corrected chi connectivity index (χ2v) is 17.9. The molecule has 64 heavy (non-hydrogen) atoms. The highest BCUT2D eigenvalue weighted by molar-refractivity contribution is 6.07. The fourth-order valence-corrected chi connectivity index (χ4v) is 10.3. The molecule has 0 aliphatic carbocycles. The van der Waals surface area contributed by atoms with Crippen molar-refractivity contribution in [1.82, 2.24) is 40.4 Å². The predicted molar refractivity (Wildman–Crippen MR) is 239 cm³/mol. The average Bonchev–Trinajstić information content (AvgIpc) is 4.14. The Balaban J connectivity index is 0.960. The lowest BCUT2D eigenvalue weighted by Crippen LogP contribution is -2.54. The molecule has 7 atom stereocenters. The number of nitrogens with zero attached hydrogens (tertiary/aromatic N) is 4. The highest BCUT2D eigenvalue weighted by Crippen LogP contribution is 2.44. The number of hydrogen-bond donors (Lipinski definition) is 4. The van der Waals surface area contributed by atoms with Crippen LogP contribution in [0, 0.1) is 11.8 Å². The summed E-state index contributed by atoms with van der Waals surface area (Å²) in [6, 6.07) is 12.7. The minimum absolute atomic E-state index is 0.0274. The number of benzene rings is 3. The summed E-state index contributed by atoms with van der Waals surface area (Å²) < 4.78 is 21.8. The van der Waals surface area contributed by atoms with Crippen molar-refractivity contribution in [2.75, 3.05) is 27.4 Å². The Kier molecular flexibility index (Phi) is 12.0. The fraction of sp³-hybridized carbons (Fsp3) is 0.500. The molecule has 0 radical (unpaired) electrons. The van der Waals surface area contributed by atoms with Gasteiger partial charge in [-0.3, -0.25) is 9.59 Å². The number of aromatic nitrogens is 4. The number of carbonyl (C=O) groups excluding carboxylic acids is 4. The number of alkyl carbamates (subject to hydrolysis) is 2. The van der Waals surface area contributed by atoms with Crippen LogP contribution in [-0.2, 0) is 30.4 Å². The summed E-state index contributed by atoms with van der Waals surface area (Å²) in [4.78, 5) is 73.9. The van der Waals surface area contributed by atoms with Crippen LogP contribution in [0.15, 0.2) is 48.7 Å². The van der Waals surface area contributed by atoms with Gasteiger partial charge < -0.3 is 49.3 Å². The highest BCUT2D eigenvalue weighted by Gasteiger charge is 2.44. The van der Waals surface area contributed by atoms with Gasteiger partial charge in [0.1, 0.15) is 36.1 Å². The second kappa shape index (κ2) is 17.8. The smallest absolute Gasteiger partial charge is 0.407 e. The first-order valence-electron chi connectivity index (χ1n) is 22.7. The van der Waals surface area contributed by atoms with Crippen molar-refractivity contribution in [1.29, 1.82) is 0 Å². The van der Waals surface area contributed by atoms with Crippen molar-refractivity contribution in [2.45, 2.75) is 115 Å². The number of methoxy groups -OCH3 is 2. The van der Waals surface area contributed by atoms with E-state index in [2.05, 4.69) is 57.0 Å². The van der Waals surface area contributed by atoms with Gasteiger partial charge in [0.05, 0.1) is 49.2 Å². The van der Waals surface area contributed by atoms with E-state index < -0.39 is 24.3 Å². The van der Waals surface area contributed by atoms with E-state index in [-0.39, 0.29) is 47.8 Å². The Morgan fingerprint density at radius 3 is 2.25 bits per heavy atom. The van der Waals surface area contributed by atoms with Crippen molar-refractivity contribution in [3.63, 3.8) is 0 Å². The molecule has 4 N–H and O–H groups in total. The second-order valence-electron chi connectivity index (χ2n) is 17.9. The van der Waals surface area contributed by atoms with Gasteiger partial charge in [0, 0.05) is 36.2 Å². The van der Waals surface area contributed by atoms with Crippen LogP contribution in [0.25, 0.3) is 44.2 Å². The standard InChI is InChI=1S/C48H58N8O8/c1-7-25(2)40(53-47(59)61-5)45(57)56-27(4)9-15-38(56)44-50-35-13-11-29-21-34-32-12-10-30(20-31(32)24-64-39(34)22-33(29)42(35)52-44)36-23-49-43(51-36)37-14-8-26(3)55(37)46(58)41(54-48(60)62-6)28-16-18-63-19-17-28/h10-13,20-23,25-28,37-38,40-41H,7-9,14-19,24H2,1-6H3,(H,49,51)(H,50,52)(H,53,59)(H,54,60)/t25-,26-,27-,37?,38-,40?,41-/m0/s1. The normalized spacial score (nSPS) is 22.3. The lowest BCUT2D eigenvalue weighted by molar-refractivity contribution is -0.139. The van der Waals surface area contributed by atoms with E-state index in [9.17, 15) is 19.2 Å². The van der Waals surface area contributed by atoms with E-state index in [0.29, 0.717) is 38.5 Å². The maximum absolute atomic E-state index is 14.3. The number of hydrogen-bond acceptors (Lipinski definition) is 10. The monoisotopic (exact) mass is 874 g/mol. The van der Waals surface area contributed by atoms with Crippen LogP contribution in [0.5, 0.6) is 5.75 Å². The van der Waals surface area contributed by atoms with Crippen LogP contribution < -0.4 is 15.4 Å². The number of nitrogens with one attached hydrogen (secondary N) is 4. The van der Waals surface area contributed by atoms with Gasteiger partial charge in [0.25, 0.3) is 0 Å². The maximum atomic E-state index is 14.3. The van der Waals surface area contributed by atoms with Crippen LogP contribution in [0.4, 0.5) is 9.59 Å². The molecule has 16 nitrogen and oxygen atoms in total. The molecule has 9 rings (SSSR count). The molecule has 2 aromatic heterocycles. The minimum atomic E-state index is -0.715. The van der Waals surface area contributed by atoms with E-state index in [1.807, 2.05) is 49.8 Å². The maximum Gasteiger partial charge on any atom is 0.407 e. The molecule has 2 unspecified atom stereocenters. The zero-order valence-corrected chi connectivity index (χ0v) is 37.4. The fourth-order valence-electron chi connectivity index (χ4n) is 10.3. The summed E-state index contributed by atoms with van der Waals surface area (Å²) in [7, 11) is 2.62. The van der Waals surface area contributed by atoms with Gasteiger partial charge in [-0.05, 0) is 111 Å². The molecule has 16 heteroatoms. The molecule has 4 aliphatic rings. The van der Waals surface area contributed by atoms with Crippen LogP contribution in [0.2, 0.25) is 0 Å². The molecule has 3 fully saturated rings. The van der Waals surface area contributed by atoms with E-state index >= 15 is 0 Å². The summed E-state index contributed by atoms with van der Waals surface area (Å²) in [6.07, 6.45) is 5.79. The summed E-state index contributed by atoms with van der Waals surface area (Å²) in [5, 5.41) is 7.63. The Morgan fingerprint density at radius 1 is 0.828 bits per heavy atom. The van der Waals surface area contributed by atoms with Gasteiger partial charge in [0.15, 0.2) is 0 Å². The number of H-pyrrole nitrogens is 2. The number of ether oxygens (including phenoxy) is 4. The lowest BCUT2D eigenvalue weighted by Gasteiger charge is -2.36. The molecule has 3 saturated heterocycles. The van der Waals surface area contributed by atoms with E-state index in [4.69, 9.17) is 28.9 Å². The zero-order valence-electron chi connectivity index (χ0n) is 37.4. The molecule has 5 aromatic rings. The predicted octanol–water partition coefficient (Wildman–Crippen LogP) is 7.69. The summed E-state index contributed by atoms with van der Waals surface area (Å²) in [6.45, 7) is 9.54. The molecular formula is C48H58N8O8. The van der Waals surface area contributed by atoms with E-state index in [1.54, 1.807) is 0 Å². The largest absolute Gasteiger partial charge is 0.488 e.